The fraction of sp³-hybridized carbons (Fsp3) is 0.500. The van der Waals surface area contributed by atoms with Gasteiger partial charge in [-0.1, -0.05) is 6.92 Å². The van der Waals surface area contributed by atoms with Crippen molar-refractivity contribution in [1.29, 1.82) is 5.26 Å². The van der Waals surface area contributed by atoms with Crippen molar-refractivity contribution >= 4 is 11.4 Å². The second-order valence-electron chi connectivity index (χ2n) is 5.51. The first-order valence-corrected chi connectivity index (χ1v) is 6.67. The molecular formula is C14H18N4O2. The maximum atomic E-state index is 10.7. The molecule has 0 spiro atoms. The highest BCUT2D eigenvalue weighted by Gasteiger charge is 2.26. The van der Waals surface area contributed by atoms with Crippen molar-refractivity contribution < 1.29 is 4.92 Å². The summed E-state index contributed by atoms with van der Waals surface area (Å²) in [5.41, 5.74) is 1.12. The number of piperidine rings is 1. The Morgan fingerprint density at radius 2 is 2.20 bits per heavy atom. The summed E-state index contributed by atoms with van der Waals surface area (Å²) in [7, 11) is 0. The standard InChI is InChI=1S/C14H18N4O2/c1-14(4-6-16-7-5-14)10-17-13-3-2-12(18(19)20)8-11(13)9-15/h2-3,8,16-17H,4-7,10H2,1H3. The van der Waals surface area contributed by atoms with Crippen molar-refractivity contribution in [3.8, 4) is 6.07 Å². The fourth-order valence-electron chi connectivity index (χ4n) is 2.41. The molecule has 20 heavy (non-hydrogen) atoms. The molecule has 1 saturated heterocycles. The molecule has 0 aromatic heterocycles. The van der Waals surface area contributed by atoms with E-state index in [-0.39, 0.29) is 11.1 Å². The SMILES string of the molecule is CC1(CNc2ccc([N+](=O)[O-])cc2C#N)CCNCC1. The van der Waals surface area contributed by atoms with Gasteiger partial charge >= 0.3 is 0 Å². The Labute approximate surface area is 117 Å². The van der Waals surface area contributed by atoms with E-state index in [1.54, 1.807) is 6.07 Å². The minimum atomic E-state index is -0.487. The number of benzene rings is 1. The summed E-state index contributed by atoms with van der Waals surface area (Å²) in [5.74, 6) is 0. The van der Waals surface area contributed by atoms with Gasteiger partial charge in [0.15, 0.2) is 0 Å². The van der Waals surface area contributed by atoms with Gasteiger partial charge < -0.3 is 10.6 Å². The predicted molar refractivity (Wildman–Crippen MR) is 76.5 cm³/mol. The lowest BCUT2D eigenvalue weighted by atomic mass is 9.81. The first-order valence-electron chi connectivity index (χ1n) is 6.67. The quantitative estimate of drug-likeness (QED) is 0.649. The smallest absolute Gasteiger partial charge is 0.270 e. The number of nitro benzene ring substituents is 1. The van der Waals surface area contributed by atoms with Gasteiger partial charge in [0.2, 0.25) is 0 Å². The van der Waals surface area contributed by atoms with Gasteiger partial charge in [-0.15, -0.1) is 0 Å². The van der Waals surface area contributed by atoms with Crippen LogP contribution < -0.4 is 10.6 Å². The first-order chi connectivity index (χ1) is 9.54. The van der Waals surface area contributed by atoms with Gasteiger partial charge in [0.05, 0.1) is 16.2 Å². The van der Waals surface area contributed by atoms with Crippen LogP contribution in [0.4, 0.5) is 11.4 Å². The van der Waals surface area contributed by atoms with E-state index in [4.69, 9.17) is 5.26 Å². The van der Waals surface area contributed by atoms with Crippen molar-refractivity contribution in [2.45, 2.75) is 19.8 Å². The van der Waals surface area contributed by atoms with E-state index in [1.807, 2.05) is 6.07 Å². The number of hydrogen-bond acceptors (Lipinski definition) is 5. The van der Waals surface area contributed by atoms with Crippen LogP contribution in [0.2, 0.25) is 0 Å². The van der Waals surface area contributed by atoms with Crippen LogP contribution in [0.1, 0.15) is 25.3 Å². The van der Waals surface area contributed by atoms with E-state index in [9.17, 15) is 10.1 Å². The monoisotopic (exact) mass is 274 g/mol. The molecule has 1 aliphatic heterocycles. The summed E-state index contributed by atoms with van der Waals surface area (Å²) in [5, 5.41) is 26.4. The molecule has 0 atom stereocenters. The molecule has 0 amide bonds. The number of nitrogens with zero attached hydrogens (tertiary/aromatic N) is 2. The van der Waals surface area contributed by atoms with Crippen molar-refractivity contribution in [3.05, 3.63) is 33.9 Å². The highest BCUT2D eigenvalue weighted by Crippen LogP contribution is 2.29. The maximum absolute atomic E-state index is 10.7. The maximum Gasteiger partial charge on any atom is 0.270 e. The van der Waals surface area contributed by atoms with E-state index in [0.717, 1.165) is 32.5 Å². The Kier molecular flexibility index (Phi) is 4.20. The Hall–Kier alpha value is -2.13. The van der Waals surface area contributed by atoms with Crippen LogP contribution in [0.3, 0.4) is 0 Å². The molecule has 0 radical (unpaired) electrons. The van der Waals surface area contributed by atoms with Crippen LogP contribution >= 0.6 is 0 Å². The molecule has 0 bridgehead atoms. The van der Waals surface area contributed by atoms with E-state index in [0.29, 0.717) is 11.3 Å². The number of hydrogen-bond donors (Lipinski definition) is 2. The number of rotatable bonds is 4. The molecule has 2 rings (SSSR count). The molecule has 1 aromatic rings. The van der Waals surface area contributed by atoms with Crippen LogP contribution in [0, 0.1) is 26.9 Å². The van der Waals surface area contributed by atoms with Gasteiger partial charge in [-0.05, 0) is 37.4 Å². The van der Waals surface area contributed by atoms with Crippen LogP contribution in [-0.4, -0.2) is 24.6 Å². The lowest BCUT2D eigenvalue weighted by molar-refractivity contribution is -0.384. The van der Waals surface area contributed by atoms with Gasteiger partial charge in [0.25, 0.3) is 5.69 Å². The third kappa shape index (κ3) is 3.25. The predicted octanol–water partition coefficient (Wildman–Crippen LogP) is 2.27. The minimum Gasteiger partial charge on any atom is -0.383 e. The lowest BCUT2D eigenvalue weighted by Gasteiger charge is -2.34. The molecule has 1 heterocycles. The number of nitro groups is 1. The van der Waals surface area contributed by atoms with E-state index < -0.39 is 4.92 Å². The Balaban J connectivity index is 2.09. The summed E-state index contributed by atoms with van der Waals surface area (Å²) >= 11 is 0. The second kappa shape index (κ2) is 5.88. The summed E-state index contributed by atoms with van der Waals surface area (Å²) in [4.78, 5) is 10.2. The molecule has 1 fully saturated rings. The molecule has 1 aliphatic rings. The molecule has 0 aliphatic carbocycles. The zero-order valence-corrected chi connectivity index (χ0v) is 11.5. The average molecular weight is 274 g/mol. The normalized spacial score (nSPS) is 17.2. The molecule has 1 aromatic carbocycles. The Bertz CT molecular complexity index is 545. The molecule has 2 N–H and O–H groups in total. The number of nitriles is 1. The average Bonchev–Trinajstić information content (AvgIpc) is 2.45. The minimum absolute atomic E-state index is 0.0554. The summed E-state index contributed by atoms with van der Waals surface area (Å²) in [6, 6.07) is 6.36. The summed E-state index contributed by atoms with van der Waals surface area (Å²) in [6.07, 6.45) is 2.16. The van der Waals surface area contributed by atoms with E-state index >= 15 is 0 Å². The van der Waals surface area contributed by atoms with E-state index in [1.165, 1.54) is 12.1 Å². The topological polar surface area (TPSA) is 91.0 Å². The van der Waals surface area contributed by atoms with Gasteiger partial charge in [0.1, 0.15) is 6.07 Å². The largest absolute Gasteiger partial charge is 0.383 e. The highest BCUT2D eigenvalue weighted by molar-refractivity contribution is 5.61. The van der Waals surface area contributed by atoms with Crippen molar-refractivity contribution in [1.82, 2.24) is 5.32 Å². The highest BCUT2D eigenvalue weighted by atomic mass is 16.6. The van der Waals surface area contributed by atoms with E-state index in [2.05, 4.69) is 17.6 Å². The summed E-state index contributed by atoms with van der Waals surface area (Å²) in [6.45, 7) is 4.99. The summed E-state index contributed by atoms with van der Waals surface area (Å²) < 4.78 is 0. The van der Waals surface area contributed by atoms with Crippen molar-refractivity contribution in [2.75, 3.05) is 25.0 Å². The van der Waals surface area contributed by atoms with Gasteiger partial charge in [-0.2, -0.15) is 5.26 Å². The molecule has 0 saturated carbocycles. The van der Waals surface area contributed by atoms with Crippen LogP contribution in [-0.2, 0) is 0 Å². The second-order valence-corrected chi connectivity index (χ2v) is 5.51. The molecule has 6 nitrogen and oxygen atoms in total. The van der Waals surface area contributed by atoms with Crippen molar-refractivity contribution in [2.24, 2.45) is 5.41 Å². The zero-order valence-electron chi connectivity index (χ0n) is 11.5. The van der Waals surface area contributed by atoms with Gasteiger partial charge in [0, 0.05) is 18.7 Å². The van der Waals surface area contributed by atoms with Crippen LogP contribution in [0.5, 0.6) is 0 Å². The number of nitrogens with one attached hydrogen (secondary N) is 2. The fourth-order valence-corrected chi connectivity index (χ4v) is 2.41. The molecule has 6 heteroatoms. The first kappa shape index (κ1) is 14.3. The van der Waals surface area contributed by atoms with Gasteiger partial charge in [-0.3, -0.25) is 10.1 Å². The third-order valence-corrected chi connectivity index (χ3v) is 3.85. The van der Waals surface area contributed by atoms with Gasteiger partial charge in [-0.25, -0.2) is 0 Å². The molecule has 0 unspecified atom stereocenters. The molecular weight excluding hydrogens is 256 g/mol. The Morgan fingerprint density at radius 1 is 1.50 bits per heavy atom. The zero-order chi connectivity index (χ0) is 14.6. The van der Waals surface area contributed by atoms with Crippen LogP contribution in [0.15, 0.2) is 18.2 Å². The van der Waals surface area contributed by atoms with Crippen molar-refractivity contribution in [3.63, 3.8) is 0 Å². The van der Waals surface area contributed by atoms with Crippen LogP contribution in [0.25, 0.3) is 0 Å². The number of non-ortho nitro benzene ring substituents is 1. The lowest BCUT2D eigenvalue weighted by Crippen LogP contribution is -2.39. The molecule has 106 valence electrons. The third-order valence-electron chi connectivity index (χ3n) is 3.85. The number of anilines is 1. The Morgan fingerprint density at radius 3 is 2.80 bits per heavy atom.